The maximum absolute atomic E-state index is 9.83. The summed E-state index contributed by atoms with van der Waals surface area (Å²) in [6.07, 6.45) is -3.48. The van der Waals surface area contributed by atoms with Gasteiger partial charge in [-0.25, -0.2) is 5.84 Å². The quantitative estimate of drug-likeness (QED) is 0.268. The molecule has 0 bridgehead atoms. The third-order valence-corrected chi connectivity index (χ3v) is 3.01. The van der Waals surface area contributed by atoms with E-state index in [2.05, 4.69) is 0 Å². The number of rotatable bonds is 5. The van der Waals surface area contributed by atoms with Gasteiger partial charge < -0.3 is 30.9 Å². The number of nitrogens with two attached hydrogens (primary N) is 2. The Morgan fingerprint density at radius 2 is 1.76 bits per heavy atom. The highest BCUT2D eigenvalue weighted by Crippen LogP contribution is 2.22. The maximum Gasteiger partial charge on any atom is 0.172 e. The van der Waals surface area contributed by atoms with Crippen LogP contribution in [0.2, 0.25) is 0 Å². The summed E-state index contributed by atoms with van der Waals surface area (Å²) < 4.78 is 5.26. The van der Waals surface area contributed by atoms with Crippen molar-refractivity contribution in [2.75, 3.05) is 6.61 Å². The summed E-state index contributed by atoms with van der Waals surface area (Å²) in [5.74, 6) is 5.71. The molecule has 1 aliphatic rings. The molecule has 1 rings (SSSR count). The van der Waals surface area contributed by atoms with E-state index in [0.29, 0.717) is 12.1 Å². The number of aliphatic hydroxyl groups excluding tert-OH is 4. The fraction of sp³-hybridized carbons (Fsp3) is 0.846. The predicted octanol–water partition coefficient (Wildman–Crippen LogP) is -1.41. The molecule has 8 heteroatoms. The molecule has 0 aromatic heterocycles. The summed E-state index contributed by atoms with van der Waals surface area (Å²) in [7, 11) is 0. The number of allylic oxidation sites excluding steroid dienone is 1. The zero-order valence-corrected chi connectivity index (χ0v) is 12.9. The fourth-order valence-electron chi connectivity index (χ4n) is 1.95. The summed E-state index contributed by atoms with van der Waals surface area (Å²) in [6.45, 7) is 5.46. The molecule has 1 saturated heterocycles. The smallest absolute Gasteiger partial charge is 0.172 e. The average molecular weight is 307 g/mol. The first-order chi connectivity index (χ1) is 9.92. The topological polar surface area (TPSA) is 145 Å². The Hall–Kier alpha value is -0.900. The fourth-order valence-corrected chi connectivity index (χ4v) is 1.95. The second kappa shape index (κ2) is 9.93. The van der Waals surface area contributed by atoms with Crippen LogP contribution in [0.15, 0.2) is 11.9 Å². The van der Waals surface area contributed by atoms with Crippen LogP contribution in [-0.4, -0.2) is 62.7 Å². The number of aliphatic hydroxyl groups is 4. The first kappa shape index (κ1) is 20.1. The molecule has 0 aliphatic carbocycles. The van der Waals surface area contributed by atoms with Gasteiger partial charge in [0.2, 0.25) is 0 Å². The molecule has 1 aliphatic heterocycles. The largest absolute Gasteiger partial charge is 0.401 e. The maximum atomic E-state index is 9.83. The molecule has 5 unspecified atom stereocenters. The van der Waals surface area contributed by atoms with Crippen molar-refractivity contribution in [3.63, 3.8) is 0 Å². The lowest BCUT2D eigenvalue weighted by molar-refractivity contribution is -0.259. The van der Waals surface area contributed by atoms with Crippen LogP contribution >= 0.6 is 0 Å². The molecule has 0 aromatic rings. The molecular formula is C13H29N3O5. The van der Waals surface area contributed by atoms with Crippen LogP contribution in [0.1, 0.15) is 33.6 Å². The van der Waals surface area contributed by atoms with Gasteiger partial charge in [-0.15, -0.1) is 0 Å². The summed E-state index contributed by atoms with van der Waals surface area (Å²) in [5.41, 5.74) is 6.21. The molecule has 126 valence electrons. The van der Waals surface area contributed by atoms with Gasteiger partial charge in [-0.2, -0.15) is 0 Å². The average Bonchev–Trinajstić information content (AvgIpc) is 2.47. The molecule has 0 aromatic carbocycles. The van der Waals surface area contributed by atoms with Gasteiger partial charge in [0.15, 0.2) is 6.23 Å². The minimum atomic E-state index is -1.46. The lowest BCUT2D eigenvalue weighted by Gasteiger charge is -2.42. The molecular weight excluding hydrogens is 278 g/mol. The van der Waals surface area contributed by atoms with Crippen molar-refractivity contribution in [3.8, 4) is 0 Å². The Bertz CT molecular complexity index is 314. The zero-order valence-electron chi connectivity index (χ0n) is 12.9. The minimum Gasteiger partial charge on any atom is -0.401 e. The van der Waals surface area contributed by atoms with Gasteiger partial charge in [-0.1, -0.05) is 27.2 Å². The van der Waals surface area contributed by atoms with Crippen molar-refractivity contribution in [3.05, 3.63) is 11.9 Å². The lowest BCUT2D eigenvalue weighted by atomic mass is 9.98. The van der Waals surface area contributed by atoms with Crippen LogP contribution in [0, 0.1) is 0 Å². The van der Waals surface area contributed by atoms with Crippen molar-refractivity contribution in [2.24, 2.45) is 11.6 Å². The monoisotopic (exact) mass is 307 g/mol. The molecule has 1 fully saturated rings. The van der Waals surface area contributed by atoms with E-state index in [4.69, 9.17) is 21.4 Å². The van der Waals surface area contributed by atoms with E-state index >= 15 is 0 Å². The highest BCUT2D eigenvalue weighted by molar-refractivity contribution is 4.98. The Balaban J connectivity index is 0.00000191. The second-order valence-electron chi connectivity index (χ2n) is 4.62. The first-order valence-electron chi connectivity index (χ1n) is 7.22. The first-order valence-corrected chi connectivity index (χ1v) is 7.22. The van der Waals surface area contributed by atoms with Crippen LogP contribution in [0.4, 0.5) is 0 Å². The number of nitrogens with zero attached hydrogens (tertiary/aromatic N) is 1. The second-order valence-corrected chi connectivity index (χ2v) is 4.62. The van der Waals surface area contributed by atoms with Crippen LogP contribution < -0.4 is 11.6 Å². The molecule has 5 atom stereocenters. The summed E-state index contributed by atoms with van der Waals surface area (Å²) in [4.78, 5) is 0. The van der Waals surface area contributed by atoms with Gasteiger partial charge in [-0.3, -0.25) is 5.01 Å². The summed E-state index contributed by atoms with van der Waals surface area (Å²) in [6, 6.07) is 0. The molecule has 0 spiro atoms. The van der Waals surface area contributed by atoms with Gasteiger partial charge in [0.1, 0.15) is 24.4 Å². The lowest BCUT2D eigenvalue weighted by Crippen LogP contribution is -2.63. The van der Waals surface area contributed by atoms with E-state index in [-0.39, 0.29) is 0 Å². The van der Waals surface area contributed by atoms with Gasteiger partial charge in [0.25, 0.3) is 0 Å². The number of ether oxygens (including phenoxy) is 1. The van der Waals surface area contributed by atoms with Crippen molar-refractivity contribution in [1.29, 1.82) is 0 Å². The van der Waals surface area contributed by atoms with Crippen LogP contribution in [-0.2, 0) is 4.74 Å². The Morgan fingerprint density at radius 3 is 2.24 bits per heavy atom. The Morgan fingerprint density at radius 1 is 1.19 bits per heavy atom. The van der Waals surface area contributed by atoms with E-state index in [0.717, 1.165) is 11.4 Å². The molecule has 21 heavy (non-hydrogen) atoms. The molecule has 0 saturated carbocycles. The number of hydrogen-bond donors (Lipinski definition) is 6. The standard InChI is InChI=1S/C11H23N3O5.C2H6/c1-2-3-6(12)4-14(13)11-10(18)9(17)8(16)7(5-15)19-11;1-2/h4,7-11,15-18H,2-3,5,12-13H2,1H3;1-2H3/b6-4-;. The van der Waals surface area contributed by atoms with Crippen molar-refractivity contribution < 1.29 is 25.2 Å². The Kier molecular flexibility index (Phi) is 9.51. The summed E-state index contributed by atoms with van der Waals surface area (Å²) >= 11 is 0. The van der Waals surface area contributed by atoms with Gasteiger partial charge in [0, 0.05) is 11.9 Å². The van der Waals surface area contributed by atoms with Gasteiger partial charge >= 0.3 is 0 Å². The summed E-state index contributed by atoms with van der Waals surface area (Å²) in [5, 5.41) is 39.2. The predicted molar refractivity (Wildman–Crippen MR) is 78.3 cm³/mol. The van der Waals surface area contributed by atoms with E-state index in [1.165, 1.54) is 6.20 Å². The molecule has 8 nitrogen and oxygen atoms in total. The van der Waals surface area contributed by atoms with Gasteiger partial charge in [-0.05, 0) is 6.42 Å². The highest BCUT2D eigenvalue weighted by Gasteiger charge is 2.44. The SMILES string of the molecule is CC.CCC/C(N)=C/N(N)C1OC(CO)C(O)C(O)C1O. The van der Waals surface area contributed by atoms with E-state index in [1.807, 2.05) is 20.8 Å². The van der Waals surface area contributed by atoms with Gasteiger partial charge in [0.05, 0.1) is 6.61 Å². The number of hydrazine groups is 1. The highest BCUT2D eigenvalue weighted by atomic mass is 16.6. The number of hydrogen-bond acceptors (Lipinski definition) is 8. The normalized spacial score (nSPS) is 33.1. The van der Waals surface area contributed by atoms with Crippen molar-refractivity contribution in [1.82, 2.24) is 5.01 Å². The molecule has 8 N–H and O–H groups in total. The molecule has 0 radical (unpaired) electrons. The van der Waals surface area contributed by atoms with Crippen LogP contribution in [0.5, 0.6) is 0 Å². The molecule has 1 heterocycles. The van der Waals surface area contributed by atoms with Crippen molar-refractivity contribution >= 4 is 0 Å². The van der Waals surface area contributed by atoms with E-state index in [9.17, 15) is 15.3 Å². The van der Waals surface area contributed by atoms with E-state index < -0.39 is 37.3 Å². The molecule has 0 amide bonds. The van der Waals surface area contributed by atoms with Crippen LogP contribution in [0.3, 0.4) is 0 Å². The zero-order chi connectivity index (χ0) is 16.6. The third-order valence-electron chi connectivity index (χ3n) is 3.01. The Labute approximate surface area is 125 Å². The van der Waals surface area contributed by atoms with Crippen molar-refractivity contribution in [2.45, 2.75) is 64.3 Å². The van der Waals surface area contributed by atoms with E-state index in [1.54, 1.807) is 0 Å². The third kappa shape index (κ3) is 5.42. The van der Waals surface area contributed by atoms with Crippen LogP contribution in [0.25, 0.3) is 0 Å². The minimum absolute atomic E-state index is 0.497.